The molecule has 0 aliphatic rings. The van der Waals surface area contributed by atoms with E-state index in [2.05, 4.69) is 0 Å². The van der Waals surface area contributed by atoms with Crippen molar-refractivity contribution >= 4 is 11.9 Å². The summed E-state index contributed by atoms with van der Waals surface area (Å²) in [6.07, 6.45) is -4.88. The predicted molar refractivity (Wildman–Crippen MR) is 22.7 cm³/mol. The van der Waals surface area contributed by atoms with Gasteiger partial charge in [0.1, 0.15) is 12.2 Å². The van der Waals surface area contributed by atoms with E-state index in [1.165, 1.54) is 0 Å². The van der Waals surface area contributed by atoms with Crippen molar-refractivity contribution in [2.24, 2.45) is 0 Å². The van der Waals surface area contributed by atoms with Crippen molar-refractivity contribution in [2.75, 3.05) is 0 Å². The first kappa shape index (κ1) is 14.1. The summed E-state index contributed by atoms with van der Waals surface area (Å²) < 4.78 is 8.34. The number of hydrogen-bond acceptors (Lipinski definition) is 7. The molecule has 2 N–H and O–H groups in total. The third kappa shape index (κ3) is 5.23. The van der Waals surface area contributed by atoms with Gasteiger partial charge < -0.3 is 30.0 Å². The number of carbonyl (C=O) groups excluding carboxylic acids is 2. The number of aliphatic carboxylic acids is 2. The van der Waals surface area contributed by atoms with Gasteiger partial charge >= 0.3 is 27.5 Å². The summed E-state index contributed by atoms with van der Waals surface area (Å²) in [5, 5.41) is 35.7. The molecule has 8 heteroatoms. The van der Waals surface area contributed by atoms with Gasteiger partial charge in [-0.2, -0.15) is 0 Å². The molecule has 2 atom stereocenters. The van der Waals surface area contributed by atoms with E-state index in [4.69, 9.17) is 13.0 Å². The number of carboxylic acids is 2. The van der Waals surface area contributed by atoms with Crippen molar-refractivity contribution < 1.29 is 57.6 Å². The van der Waals surface area contributed by atoms with E-state index in [0.29, 0.717) is 24.7 Å². The Morgan fingerprint density at radius 1 is 1.00 bits per heavy atom. The fraction of sp³-hybridized carbons (Fsp3) is 0.500. The summed E-state index contributed by atoms with van der Waals surface area (Å²) in [5.41, 5.74) is 0. The topological polar surface area (TPSA) is 138 Å². The molecule has 0 saturated carbocycles. The Kier molecular flexibility index (Phi) is 8.46. The van der Waals surface area contributed by atoms with E-state index in [1.807, 2.05) is 0 Å². The van der Waals surface area contributed by atoms with Crippen LogP contribution in [0.1, 0.15) is 0 Å². The van der Waals surface area contributed by atoms with Crippen LogP contribution in [-0.4, -0.2) is 34.4 Å². The van der Waals surface area contributed by atoms with E-state index >= 15 is 0 Å². The minimum atomic E-state index is -2.44. The van der Waals surface area contributed by atoms with Crippen molar-refractivity contribution in [1.82, 2.24) is 0 Å². The summed E-state index contributed by atoms with van der Waals surface area (Å²) in [6.45, 7) is 0. The summed E-state index contributed by atoms with van der Waals surface area (Å²) in [6, 6.07) is 0. The Morgan fingerprint density at radius 2 is 1.17 bits per heavy atom. The Bertz CT molecular complexity index is 151. The van der Waals surface area contributed by atoms with Crippen LogP contribution in [0.25, 0.3) is 0 Å². The normalized spacial score (nSPS) is 13.7. The zero-order chi connectivity index (χ0) is 10.3. The molecule has 0 saturated heterocycles. The first-order valence-corrected chi connectivity index (χ1v) is 3.45. The molecule has 0 radical (unpaired) electrons. The quantitative estimate of drug-likeness (QED) is 0.515. The summed E-state index contributed by atoms with van der Waals surface area (Å²) in [5.74, 6) is -4.12. The van der Waals surface area contributed by atoms with Crippen molar-refractivity contribution in [1.29, 1.82) is 0 Å². The number of carbonyl (C=O) groups is 2. The van der Waals surface area contributed by atoms with Gasteiger partial charge in [0.25, 0.3) is 0 Å². The number of rotatable bonds is 3. The van der Waals surface area contributed by atoms with Crippen LogP contribution in [0, 0.1) is 0 Å². The summed E-state index contributed by atoms with van der Waals surface area (Å²) in [7, 11) is 0. The SMILES string of the molecule is O=C([O-])C(O)C(O)C(=O)[O-].[O]=[Zr+2]. The van der Waals surface area contributed by atoms with E-state index in [-0.39, 0.29) is 0 Å². The van der Waals surface area contributed by atoms with Gasteiger partial charge in [-0.05, 0) is 0 Å². The molecule has 2 unspecified atom stereocenters. The zero-order valence-electron chi connectivity index (χ0n) is 5.59. The summed E-state index contributed by atoms with van der Waals surface area (Å²) in [4.78, 5) is 19.3. The van der Waals surface area contributed by atoms with Crippen LogP contribution in [0.5, 0.6) is 0 Å². The molecular weight excluding hydrogens is 251 g/mol. The van der Waals surface area contributed by atoms with Crippen molar-refractivity contribution in [2.45, 2.75) is 12.2 Å². The molecule has 0 spiro atoms. The van der Waals surface area contributed by atoms with E-state index < -0.39 is 24.1 Å². The molecule has 0 aromatic rings. The molecule has 0 aliphatic heterocycles. The van der Waals surface area contributed by atoms with Crippen LogP contribution in [0.3, 0.4) is 0 Å². The molecule has 0 heterocycles. The number of hydrogen-bond donors (Lipinski definition) is 2. The first-order chi connectivity index (χ1) is 5.46. The predicted octanol–water partition coefficient (Wildman–Crippen LogP) is -4.91. The Labute approximate surface area is 81.9 Å². The molecule has 0 fully saturated rings. The van der Waals surface area contributed by atoms with Crippen LogP contribution < -0.4 is 10.2 Å². The second kappa shape index (κ2) is 7.21. The fourth-order valence-corrected chi connectivity index (χ4v) is 0.258. The molecule has 0 amide bonds. The Balaban J connectivity index is 0. The van der Waals surface area contributed by atoms with Gasteiger partial charge in [0.05, 0.1) is 11.9 Å². The molecule has 0 aromatic carbocycles. The second-order valence-corrected chi connectivity index (χ2v) is 1.53. The van der Waals surface area contributed by atoms with Gasteiger partial charge in [0, 0.05) is 0 Å². The monoisotopic (exact) mass is 254 g/mol. The standard InChI is InChI=1S/C4H6O6.O.Zr/c5-1(3(7)8)2(6)4(9)10;;/h1-2,5-6H,(H,7,8)(H,9,10);;/q;;+2/p-2. The van der Waals surface area contributed by atoms with Gasteiger partial charge in [-0.15, -0.1) is 0 Å². The van der Waals surface area contributed by atoms with Crippen LogP contribution >= 0.6 is 0 Å². The molecule has 12 heavy (non-hydrogen) atoms. The molecule has 66 valence electrons. The van der Waals surface area contributed by atoms with Crippen LogP contribution in [0.15, 0.2) is 0 Å². The van der Waals surface area contributed by atoms with Crippen LogP contribution in [0.2, 0.25) is 0 Å². The minimum absolute atomic E-state index is 0.300. The zero-order valence-corrected chi connectivity index (χ0v) is 8.05. The van der Waals surface area contributed by atoms with Crippen molar-refractivity contribution in [3.63, 3.8) is 0 Å². The first-order valence-electron chi connectivity index (χ1n) is 2.45. The number of carboxylic acid groups (broad SMARTS) is 2. The van der Waals surface area contributed by atoms with Crippen LogP contribution in [-0.2, 0) is 37.1 Å². The van der Waals surface area contributed by atoms with Crippen LogP contribution in [0.4, 0.5) is 0 Å². The van der Waals surface area contributed by atoms with Crippen molar-refractivity contribution in [3.8, 4) is 0 Å². The van der Waals surface area contributed by atoms with Gasteiger partial charge in [-0.3, -0.25) is 0 Å². The van der Waals surface area contributed by atoms with Gasteiger partial charge in [0.2, 0.25) is 0 Å². The number of aliphatic hydroxyl groups is 2. The average molecular weight is 255 g/mol. The summed E-state index contributed by atoms with van der Waals surface area (Å²) >= 11 is 0.300. The molecule has 0 bridgehead atoms. The van der Waals surface area contributed by atoms with E-state index in [0.717, 1.165) is 0 Å². The molecule has 0 rings (SSSR count). The maximum atomic E-state index is 9.63. The Morgan fingerprint density at radius 3 is 1.25 bits per heavy atom. The van der Waals surface area contributed by atoms with E-state index in [1.54, 1.807) is 0 Å². The second-order valence-electron chi connectivity index (χ2n) is 1.53. The molecule has 0 aromatic heterocycles. The molecular formula is C4H4O7Zr. The Hall–Kier alpha value is -0.457. The number of aliphatic hydroxyl groups excluding tert-OH is 2. The molecule has 0 aliphatic carbocycles. The maximum absolute atomic E-state index is 9.63. The van der Waals surface area contributed by atoms with Gasteiger partial charge in [-0.1, -0.05) is 0 Å². The van der Waals surface area contributed by atoms with Gasteiger partial charge in [0.15, 0.2) is 0 Å². The van der Waals surface area contributed by atoms with Gasteiger partial charge in [-0.25, -0.2) is 0 Å². The van der Waals surface area contributed by atoms with E-state index in [9.17, 15) is 19.8 Å². The molecule has 7 nitrogen and oxygen atoms in total. The fourth-order valence-electron chi connectivity index (χ4n) is 0.258. The third-order valence-electron chi connectivity index (χ3n) is 0.782. The third-order valence-corrected chi connectivity index (χ3v) is 0.782. The average Bonchev–Trinajstić information content (AvgIpc) is 2.05. The van der Waals surface area contributed by atoms with Crippen molar-refractivity contribution in [3.05, 3.63) is 0 Å².